The van der Waals surface area contributed by atoms with Gasteiger partial charge in [0.15, 0.2) is 0 Å². The van der Waals surface area contributed by atoms with E-state index in [2.05, 4.69) is 0 Å². The van der Waals surface area contributed by atoms with Crippen LogP contribution in [0, 0.1) is 47.3 Å². The number of esters is 1. The molecule has 14 heteroatoms. The molecule has 14 nitrogen and oxygen atoms in total. The molecule has 3 fully saturated rings. The van der Waals surface area contributed by atoms with Gasteiger partial charge in [0.05, 0.1) is 36.9 Å². The monoisotopic (exact) mass is 914 g/mol. The van der Waals surface area contributed by atoms with Crippen molar-refractivity contribution in [2.75, 3.05) is 26.9 Å². The minimum Gasteiger partial charge on any atom is -0.460 e. The Kier molecular flexibility index (Phi) is 21.0. The fourth-order valence-electron chi connectivity index (χ4n) is 10.3. The molecule has 3 aliphatic heterocycles. The molecule has 3 heterocycles. The molecule has 4 rings (SSSR count). The highest BCUT2D eigenvalue weighted by Crippen LogP contribution is 2.38. The minimum atomic E-state index is -2.44. The molecule has 1 aliphatic carbocycles. The van der Waals surface area contributed by atoms with Crippen LogP contribution < -0.4 is 0 Å². The van der Waals surface area contributed by atoms with E-state index in [1.165, 1.54) is 4.90 Å². The smallest absolute Gasteiger partial charge is 0.329 e. The number of nitrogens with zero attached hydrogens (tertiary/aromatic N) is 1. The molecular formula is C51H79NO13. The minimum absolute atomic E-state index is 0.0117. The number of piperidine rings is 1. The topological polar surface area (TPSA) is 217 Å². The average Bonchev–Trinajstić information content (AvgIpc) is 3.28. The molecule has 15 atom stereocenters. The standard InChI is InChI=1S/C51H79NO13/c1-30-14-10-9-11-15-31(2)44(63-8)26-39-19-17-36(7)51(62,65-39)48(59)49(60)52-21-13-12-16-41(52)50(61)64-45(33(4)24-37-18-20-42(55)38(25-37)28-53)27-43(56)32(3)23-35(6)47(58)40(29-54)46(57)34(5)22-30/h9-11,14-15,23,30,32-34,36-42,44-45,47,53-55,58,62H,12-13,16-22,24-29H2,1-8H3/b11-9+,14-10+,31-15+,35-23+/t30-,32-,33+,34+,36-,37?,38+,39+,40+,41+,42-,44-,45?,47-,51-/m1/s1. The van der Waals surface area contributed by atoms with Gasteiger partial charge >= 0.3 is 5.97 Å². The molecule has 2 bridgehead atoms. The summed E-state index contributed by atoms with van der Waals surface area (Å²) in [5, 5.41) is 54.0. The lowest BCUT2D eigenvalue weighted by atomic mass is 9.75. The molecule has 1 amide bonds. The number of ether oxygens (including phenoxy) is 3. The van der Waals surface area contributed by atoms with E-state index in [-0.39, 0.29) is 61.2 Å². The molecule has 0 aromatic carbocycles. The van der Waals surface area contributed by atoms with Crippen LogP contribution in [-0.4, -0.2) is 129 Å². The van der Waals surface area contributed by atoms with E-state index in [0.29, 0.717) is 69.8 Å². The van der Waals surface area contributed by atoms with Crippen molar-refractivity contribution in [3.05, 3.63) is 47.6 Å². The molecule has 0 aromatic rings. The quantitative estimate of drug-likeness (QED) is 0.129. The van der Waals surface area contributed by atoms with Crippen LogP contribution >= 0.6 is 0 Å². The normalized spacial score (nSPS) is 40.4. The Morgan fingerprint density at radius 3 is 2.28 bits per heavy atom. The van der Waals surface area contributed by atoms with Crippen LogP contribution in [-0.2, 0) is 38.2 Å². The van der Waals surface area contributed by atoms with Crippen molar-refractivity contribution in [2.24, 2.45) is 47.3 Å². The molecule has 4 aliphatic rings. The lowest BCUT2D eigenvalue weighted by Gasteiger charge is -2.42. The van der Waals surface area contributed by atoms with E-state index in [0.717, 1.165) is 5.57 Å². The second kappa shape index (κ2) is 25.1. The van der Waals surface area contributed by atoms with Crippen LogP contribution in [0.4, 0.5) is 0 Å². The van der Waals surface area contributed by atoms with E-state index in [4.69, 9.17) is 14.2 Å². The van der Waals surface area contributed by atoms with Crippen molar-refractivity contribution >= 4 is 29.2 Å². The van der Waals surface area contributed by atoms with Crippen LogP contribution in [0.3, 0.4) is 0 Å². The maximum atomic E-state index is 14.3. The largest absolute Gasteiger partial charge is 0.460 e. The summed E-state index contributed by atoms with van der Waals surface area (Å²) in [6.07, 6.45) is 12.1. The fraction of sp³-hybridized carbons (Fsp3) is 0.745. The number of fused-ring (bicyclic) bond motifs is 3. The predicted octanol–water partition coefficient (Wildman–Crippen LogP) is 5.37. The molecular weight excluding hydrogens is 835 g/mol. The fourth-order valence-corrected chi connectivity index (χ4v) is 10.3. The van der Waals surface area contributed by atoms with Gasteiger partial charge in [-0.15, -0.1) is 0 Å². The highest BCUT2D eigenvalue weighted by atomic mass is 16.6. The summed E-state index contributed by atoms with van der Waals surface area (Å²) in [5.41, 5.74) is 1.21. The van der Waals surface area contributed by atoms with E-state index in [9.17, 15) is 49.5 Å². The number of ketones is 3. The first kappa shape index (κ1) is 54.2. The first-order valence-electron chi connectivity index (χ1n) is 24.1. The second-order valence-corrected chi connectivity index (χ2v) is 19.9. The first-order valence-corrected chi connectivity index (χ1v) is 24.1. The van der Waals surface area contributed by atoms with Gasteiger partial charge in [0.25, 0.3) is 11.7 Å². The van der Waals surface area contributed by atoms with E-state index in [1.54, 1.807) is 40.9 Å². The SMILES string of the molecule is CO[C@@H]1C[C@@H]2CC[C@@H](C)[C@@](O)(O2)C(=O)C(=O)N2CCCC[C@H]2C(=O)OC([C@@H](C)CC2CC[C@@H](O)[C@H](CO)C2)CC(=O)[C@H](C)/C=C(\C)[C@@H](O)[C@@H](CO)C(=O)[C@@H](C)C[C@H](C)/C=C/C=C/C=C/1C. The molecule has 1 saturated carbocycles. The lowest BCUT2D eigenvalue weighted by Crippen LogP contribution is -2.61. The Morgan fingerprint density at radius 1 is 0.877 bits per heavy atom. The Hall–Kier alpha value is -3.37. The van der Waals surface area contributed by atoms with Crippen LogP contribution in [0.25, 0.3) is 0 Å². The number of cyclic esters (lactones) is 1. The predicted molar refractivity (Wildman–Crippen MR) is 245 cm³/mol. The third-order valence-electron chi connectivity index (χ3n) is 14.7. The van der Waals surface area contributed by atoms with Crippen molar-refractivity contribution < 1.29 is 63.7 Å². The number of methoxy groups -OCH3 is 1. The molecule has 5 N–H and O–H groups in total. The van der Waals surface area contributed by atoms with Gasteiger partial charge in [0, 0.05) is 56.8 Å². The highest BCUT2D eigenvalue weighted by Gasteiger charge is 2.53. The molecule has 0 spiro atoms. The van der Waals surface area contributed by atoms with Crippen molar-refractivity contribution in [3.63, 3.8) is 0 Å². The summed E-state index contributed by atoms with van der Waals surface area (Å²) >= 11 is 0. The van der Waals surface area contributed by atoms with Crippen LogP contribution in [0.1, 0.15) is 126 Å². The summed E-state index contributed by atoms with van der Waals surface area (Å²) in [7, 11) is 1.57. The Balaban J connectivity index is 1.70. The zero-order valence-electron chi connectivity index (χ0n) is 40.1. The number of hydrogen-bond acceptors (Lipinski definition) is 13. The Morgan fingerprint density at radius 2 is 1.60 bits per heavy atom. The maximum Gasteiger partial charge on any atom is 0.329 e. The number of allylic oxidation sites excluding steroid dienone is 6. The molecule has 2 saturated heterocycles. The van der Waals surface area contributed by atoms with Gasteiger partial charge in [-0.05, 0) is 107 Å². The van der Waals surface area contributed by atoms with E-state index >= 15 is 0 Å². The zero-order valence-corrected chi connectivity index (χ0v) is 40.1. The van der Waals surface area contributed by atoms with Gasteiger partial charge in [-0.3, -0.25) is 19.2 Å². The van der Waals surface area contributed by atoms with Gasteiger partial charge in [-0.25, -0.2) is 4.79 Å². The number of amides is 1. The van der Waals surface area contributed by atoms with Crippen molar-refractivity contribution in [2.45, 2.75) is 168 Å². The summed E-state index contributed by atoms with van der Waals surface area (Å²) in [4.78, 5) is 71.6. The highest BCUT2D eigenvalue weighted by molar-refractivity contribution is 6.39. The summed E-state index contributed by atoms with van der Waals surface area (Å²) in [6.45, 7) is 11.8. The lowest BCUT2D eigenvalue weighted by molar-refractivity contribution is -0.265. The summed E-state index contributed by atoms with van der Waals surface area (Å²) in [5.74, 6) is -9.71. The van der Waals surface area contributed by atoms with Gasteiger partial charge in [0.2, 0.25) is 5.79 Å². The molecule has 2 unspecified atom stereocenters. The van der Waals surface area contributed by atoms with E-state index < -0.39 is 90.3 Å². The number of rotatable bonds is 6. The van der Waals surface area contributed by atoms with Gasteiger partial charge in [-0.1, -0.05) is 71.1 Å². The number of aliphatic hydroxyl groups excluding tert-OH is 4. The average molecular weight is 914 g/mol. The van der Waals surface area contributed by atoms with Crippen LogP contribution in [0.2, 0.25) is 0 Å². The summed E-state index contributed by atoms with van der Waals surface area (Å²) < 4.78 is 18.2. The van der Waals surface area contributed by atoms with Gasteiger partial charge < -0.3 is 44.6 Å². The van der Waals surface area contributed by atoms with Crippen LogP contribution in [0.15, 0.2) is 47.6 Å². The number of aliphatic hydroxyl groups is 5. The number of hydrogen-bond donors (Lipinski definition) is 5. The molecule has 0 radical (unpaired) electrons. The second-order valence-electron chi connectivity index (χ2n) is 19.9. The first-order chi connectivity index (χ1) is 30.7. The Labute approximate surface area is 386 Å². The Bertz CT molecular complexity index is 1760. The third kappa shape index (κ3) is 14.3. The third-order valence-corrected chi connectivity index (χ3v) is 14.7. The van der Waals surface area contributed by atoms with E-state index in [1.807, 2.05) is 51.2 Å². The van der Waals surface area contributed by atoms with Gasteiger partial charge in [0.1, 0.15) is 23.7 Å². The zero-order chi connectivity index (χ0) is 48.2. The van der Waals surface area contributed by atoms with Gasteiger partial charge in [-0.2, -0.15) is 0 Å². The van der Waals surface area contributed by atoms with Crippen molar-refractivity contribution in [3.8, 4) is 0 Å². The molecule has 0 aromatic heterocycles. The van der Waals surface area contributed by atoms with Crippen molar-refractivity contribution in [1.29, 1.82) is 0 Å². The number of Topliss-reactive ketones (excluding diaryl/α,β-unsaturated/α-hetero) is 3. The van der Waals surface area contributed by atoms with Crippen LogP contribution in [0.5, 0.6) is 0 Å². The number of carbonyl (C=O) groups excluding carboxylic acids is 5. The van der Waals surface area contributed by atoms with Crippen molar-refractivity contribution in [1.82, 2.24) is 4.90 Å². The number of carbonyl (C=O) groups is 5. The summed E-state index contributed by atoms with van der Waals surface area (Å²) in [6, 6.07) is -1.16. The molecule has 366 valence electrons. The molecule has 65 heavy (non-hydrogen) atoms. The maximum absolute atomic E-state index is 14.3.